The predicted octanol–water partition coefficient (Wildman–Crippen LogP) is 5.96. The van der Waals surface area contributed by atoms with E-state index in [1.165, 1.54) is 11.1 Å². The average Bonchev–Trinajstić information content (AvgIpc) is 2.68. The molecule has 0 spiro atoms. The summed E-state index contributed by atoms with van der Waals surface area (Å²) in [5, 5.41) is 0. The molecule has 0 aromatic heterocycles. The Bertz CT molecular complexity index is 712. The van der Waals surface area contributed by atoms with E-state index in [4.69, 9.17) is 9.47 Å². The minimum atomic E-state index is -0.261. The second-order valence-corrected chi connectivity index (χ2v) is 8.73. The lowest BCUT2D eigenvalue weighted by Crippen LogP contribution is -2.11. The Morgan fingerprint density at radius 3 is 1.34 bits per heavy atom. The van der Waals surface area contributed by atoms with E-state index in [9.17, 15) is 9.59 Å². The summed E-state index contributed by atoms with van der Waals surface area (Å²) in [6, 6.07) is 15.2. The molecule has 0 saturated carbocycles. The Balaban J connectivity index is 1.61. The van der Waals surface area contributed by atoms with E-state index >= 15 is 0 Å². The highest BCUT2D eigenvalue weighted by atomic mass is 32.2. The molecule has 0 bridgehead atoms. The number of benzene rings is 2. The fourth-order valence-corrected chi connectivity index (χ4v) is 3.45. The van der Waals surface area contributed by atoms with Crippen molar-refractivity contribution in [3.63, 3.8) is 0 Å². The van der Waals surface area contributed by atoms with Crippen molar-refractivity contribution in [2.45, 2.75) is 52.4 Å². The Hall–Kier alpha value is -2.27. The Morgan fingerprint density at radius 2 is 1.03 bits per heavy atom. The van der Waals surface area contributed by atoms with E-state index < -0.39 is 0 Å². The molecular weight excluding hydrogens is 384 g/mol. The van der Waals surface area contributed by atoms with Gasteiger partial charge in [-0.25, -0.2) is 0 Å². The first-order valence-electron chi connectivity index (χ1n) is 10.0. The van der Waals surface area contributed by atoms with E-state index in [1.54, 1.807) is 11.8 Å². The minimum absolute atomic E-state index is 0.261. The maximum atomic E-state index is 11.9. The van der Waals surface area contributed by atoms with Crippen LogP contribution in [0.1, 0.15) is 63.5 Å². The van der Waals surface area contributed by atoms with Crippen molar-refractivity contribution >= 4 is 23.7 Å². The highest BCUT2D eigenvalue weighted by molar-refractivity contribution is 7.99. The second kappa shape index (κ2) is 11.7. The molecule has 4 nitrogen and oxygen atoms in total. The van der Waals surface area contributed by atoms with Gasteiger partial charge in [-0.3, -0.25) is 9.59 Å². The summed E-state index contributed by atoms with van der Waals surface area (Å²) in [6.07, 6.45) is 0.616. The Labute approximate surface area is 178 Å². The van der Waals surface area contributed by atoms with Crippen LogP contribution in [0.15, 0.2) is 48.5 Å². The molecule has 0 saturated heterocycles. The number of thioether (sulfide) groups is 1. The SMILES string of the molecule is CC(C)c1ccc(OC(=O)CCSCCC(=O)Oc2ccc(C(C)C)cc2)cc1. The van der Waals surface area contributed by atoms with Gasteiger partial charge in [-0.1, -0.05) is 52.0 Å². The first kappa shape index (κ1) is 23.0. The van der Waals surface area contributed by atoms with Gasteiger partial charge in [0.15, 0.2) is 0 Å². The summed E-state index contributed by atoms with van der Waals surface area (Å²) in [5.41, 5.74) is 2.42. The number of hydrogen-bond acceptors (Lipinski definition) is 5. The number of esters is 2. The third-order valence-electron chi connectivity index (χ3n) is 4.46. The van der Waals surface area contributed by atoms with Gasteiger partial charge in [0, 0.05) is 11.5 Å². The topological polar surface area (TPSA) is 52.6 Å². The molecular formula is C24H30O4S. The monoisotopic (exact) mass is 414 g/mol. The Morgan fingerprint density at radius 1 is 0.690 bits per heavy atom. The van der Waals surface area contributed by atoms with Gasteiger partial charge < -0.3 is 9.47 Å². The normalized spacial score (nSPS) is 11.0. The first-order valence-corrected chi connectivity index (χ1v) is 11.2. The van der Waals surface area contributed by atoms with E-state index in [0.29, 0.717) is 47.7 Å². The molecule has 5 heteroatoms. The molecule has 0 atom stereocenters. The molecule has 0 unspecified atom stereocenters. The second-order valence-electron chi connectivity index (χ2n) is 7.51. The molecule has 2 rings (SSSR count). The summed E-state index contributed by atoms with van der Waals surface area (Å²) in [7, 11) is 0. The standard InChI is InChI=1S/C24H30O4S/c1-17(2)19-5-9-21(10-6-19)27-23(25)13-15-29-16-14-24(26)28-22-11-7-20(8-12-22)18(3)4/h5-12,17-18H,13-16H2,1-4H3. The number of ether oxygens (including phenoxy) is 2. The molecule has 0 fully saturated rings. The van der Waals surface area contributed by atoms with Gasteiger partial charge in [0.05, 0.1) is 12.8 Å². The minimum Gasteiger partial charge on any atom is -0.427 e. The molecule has 2 aromatic rings. The highest BCUT2D eigenvalue weighted by Crippen LogP contribution is 2.20. The van der Waals surface area contributed by atoms with Crippen LogP contribution >= 0.6 is 11.8 Å². The van der Waals surface area contributed by atoms with Gasteiger partial charge in [0.2, 0.25) is 0 Å². The van der Waals surface area contributed by atoms with Crippen LogP contribution < -0.4 is 9.47 Å². The molecule has 0 amide bonds. The third kappa shape index (κ3) is 8.32. The zero-order valence-electron chi connectivity index (χ0n) is 17.6. The van der Waals surface area contributed by atoms with E-state index in [0.717, 1.165) is 0 Å². The smallest absolute Gasteiger partial charge is 0.312 e. The van der Waals surface area contributed by atoms with Crippen LogP contribution in [0.3, 0.4) is 0 Å². The number of carbonyl (C=O) groups is 2. The van der Waals surface area contributed by atoms with Crippen molar-refractivity contribution in [2.75, 3.05) is 11.5 Å². The van der Waals surface area contributed by atoms with Gasteiger partial charge in [0.1, 0.15) is 11.5 Å². The van der Waals surface area contributed by atoms with Crippen molar-refractivity contribution in [2.24, 2.45) is 0 Å². The molecule has 0 radical (unpaired) electrons. The van der Waals surface area contributed by atoms with Crippen LogP contribution in [0.4, 0.5) is 0 Å². The summed E-state index contributed by atoms with van der Waals surface area (Å²) < 4.78 is 10.7. The fraction of sp³-hybridized carbons (Fsp3) is 0.417. The lowest BCUT2D eigenvalue weighted by atomic mass is 10.0. The quantitative estimate of drug-likeness (QED) is 0.273. The molecule has 2 aromatic carbocycles. The van der Waals surface area contributed by atoms with Gasteiger partial charge in [0.25, 0.3) is 0 Å². The lowest BCUT2D eigenvalue weighted by Gasteiger charge is -2.08. The van der Waals surface area contributed by atoms with Crippen LogP contribution in [0.5, 0.6) is 11.5 Å². The maximum Gasteiger partial charge on any atom is 0.312 e. The van der Waals surface area contributed by atoms with Crippen LogP contribution in [0.25, 0.3) is 0 Å². The largest absolute Gasteiger partial charge is 0.427 e. The molecule has 0 N–H and O–H groups in total. The highest BCUT2D eigenvalue weighted by Gasteiger charge is 2.08. The van der Waals surface area contributed by atoms with Crippen LogP contribution in [0.2, 0.25) is 0 Å². The number of hydrogen-bond donors (Lipinski definition) is 0. The number of carbonyl (C=O) groups excluding carboxylic acids is 2. The van der Waals surface area contributed by atoms with E-state index in [2.05, 4.69) is 27.7 Å². The summed E-state index contributed by atoms with van der Waals surface area (Å²) in [5.74, 6) is 2.72. The number of rotatable bonds is 10. The molecule has 0 heterocycles. The zero-order chi connectivity index (χ0) is 21.2. The van der Waals surface area contributed by atoms with Crippen molar-refractivity contribution in [1.82, 2.24) is 0 Å². The summed E-state index contributed by atoms with van der Waals surface area (Å²) in [6.45, 7) is 8.49. The first-order chi connectivity index (χ1) is 13.8. The van der Waals surface area contributed by atoms with E-state index in [1.807, 2.05) is 48.5 Å². The molecule has 0 aliphatic rings. The summed E-state index contributed by atoms with van der Waals surface area (Å²) >= 11 is 1.54. The maximum absolute atomic E-state index is 11.9. The zero-order valence-corrected chi connectivity index (χ0v) is 18.5. The van der Waals surface area contributed by atoms with Gasteiger partial charge >= 0.3 is 11.9 Å². The van der Waals surface area contributed by atoms with E-state index in [-0.39, 0.29) is 11.9 Å². The lowest BCUT2D eigenvalue weighted by molar-refractivity contribution is -0.134. The third-order valence-corrected chi connectivity index (χ3v) is 5.44. The van der Waals surface area contributed by atoms with Crippen molar-refractivity contribution in [3.8, 4) is 11.5 Å². The van der Waals surface area contributed by atoms with Crippen molar-refractivity contribution in [3.05, 3.63) is 59.7 Å². The van der Waals surface area contributed by atoms with Gasteiger partial charge in [-0.05, 0) is 47.2 Å². The fourth-order valence-electron chi connectivity index (χ4n) is 2.62. The van der Waals surface area contributed by atoms with Crippen molar-refractivity contribution in [1.29, 1.82) is 0 Å². The average molecular weight is 415 g/mol. The van der Waals surface area contributed by atoms with Crippen LogP contribution in [-0.2, 0) is 9.59 Å². The predicted molar refractivity (Wildman–Crippen MR) is 119 cm³/mol. The summed E-state index contributed by atoms with van der Waals surface area (Å²) in [4.78, 5) is 23.8. The Kier molecular flexibility index (Phi) is 9.26. The van der Waals surface area contributed by atoms with Crippen molar-refractivity contribution < 1.29 is 19.1 Å². The molecule has 156 valence electrons. The van der Waals surface area contributed by atoms with Crippen LogP contribution in [-0.4, -0.2) is 23.4 Å². The van der Waals surface area contributed by atoms with Gasteiger partial charge in [-0.15, -0.1) is 0 Å². The molecule has 29 heavy (non-hydrogen) atoms. The van der Waals surface area contributed by atoms with Gasteiger partial charge in [-0.2, -0.15) is 11.8 Å². The van der Waals surface area contributed by atoms with Crippen LogP contribution in [0, 0.1) is 0 Å². The molecule has 0 aliphatic carbocycles. The molecule has 0 aliphatic heterocycles.